The summed E-state index contributed by atoms with van der Waals surface area (Å²) in [5, 5.41) is 10.8. The van der Waals surface area contributed by atoms with Gasteiger partial charge in [0.1, 0.15) is 17.1 Å². The largest absolute Gasteiger partial charge is 0.507 e. The second-order valence-corrected chi connectivity index (χ2v) is 8.07. The molecule has 0 atom stereocenters. The van der Waals surface area contributed by atoms with Crippen molar-refractivity contribution in [3.63, 3.8) is 0 Å². The van der Waals surface area contributed by atoms with Gasteiger partial charge in [-0.1, -0.05) is 25.5 Å². The molecular formula is C24H23F4NO3. The van der Waals surface area contributed by atoms with E-state index in [9.17, 15) is 27.5 Å². The van der Waals surface area contributed by atoms with Gasteiger partial charge >= 0.3 is 6.18 Å². The highest BCUT2D eigenvalue weighted by atomic mass is 19.4. The van der Waals surface area contributed by atoms with Crippen LogP contribution in [0.1, 0.15) is 43.1 Å². The first kappa shape index (κ1) is 22.3. The number of hydrogen-bond donors (Lipinski definition) is 1. The molecule has 1 saturated heterocycles. The highest BCUT2D eigenvalue weighted by Gasteiger charge is 2.40. The number of aromatic hydroxyl groups is 1. The summed E-state index contributed by atoms with van der Waals surface area (Å²) >= 11 is 0. The highest BCUT2D eigenvalue weighted by Crippen LogP contribution is 2.40. The lowest BCUT2D eigenvalue weighted by Crippen LogP contribution is -2.29. The van der Waals surface area contributed by atoms with Gasteiger partial charge in [0.2, 0.25) is 11.2 Å². The molecule has 4 nitrogen and oxygen atoms in total. The molecule has 2 heterocycles. The van der Waals surface area contributed by atoms with Gasteiger partial charge in [0.15, 0.2) is 0 Å². The van der Waals surface area contributed by atoms with Crippen LogP contribution in [0.5, 0.6) is 5.75 Å². The van der Waals surface area contributed by atoms with Crippen LogP contribution < -0.4 is 5.43 Å². The number of likely N-dealkylation sites (tertiary alicyclic amines) is 1. The minimum atomic E-state index is -4.96. The Morgan fingerprint density at radius 3 is 2.34 bits per heavy atom. The predicted octanol–water partition coefficient (Wildman–Crippen LogP) is 5.87. The quantitative estimate of drug-likeness (QED) is 0.506. The molecule has 0 spiro atoms. The van der Waals surface area contributed by atoms with Gasteiger partial charge in [-0.25, -0.2) is 4.39 Å². The van der Waals surface area contributed by atoms with E-state index in [0.29, 0.717) is 12.0 Å². The summed E-state index contributed by atoms with van der Waals surface area (Å²) in [5.41, 5.74) is -1.22. The van der Waals surface area contributed by atoms with E-state index in [4.69, 9.17) is 4.42 Å². The van der Waals surface area contributed by atoms with E-state index in [0.717, 1.165) is 56.6 Å². The van der Waals surface area contributed by atoms with Gasteiger partial charge in [-0.05, 0) is 61.7 Å². The standard InChI is InChI=1S/C24H23F4NO3/c1-2-14-12-17-21(31)19(15-6-8-16(25)9-7-15)23(24(26,27)28)32-22(17)18(20(14)30)13-29-10-4-3-5-11-29/h6-9,12,30H,2-5,10-11,13H2,1H3. The lowest BCUT2D eigenvalue weighted by atomic mass is 9.97. The molecule has 1 fully saturated rings. The molecule has 1 N–H and O–H groups in total. The molecular weight excluding hydrogens is 426 g/mol. The topological polar surface area (TPSA) is 53.7 Å². The molecule has 170 valence electrons. The van der Waals surface area contributed by atoms with E-state index >= 15 is 0 Å². The van der Waals surface area contributed by atoms with Crippen molar-refractivity contribution in [2.24, 2.45) is 0 Å². The molecule has 1 aliphatic heterocycles. The van der Waals surface area contributed by atoms with Gasteiger partial charge in [-0.15, -0.1) is 0 Å². The Hall–Kier alpha value is -2.87. The fourth-order valence-corrected chi connectivity index (χ4v) is 4.28. The van der Waals surface area contributed by atoms with Crippen molar-refractivity contribution in [3.05, 3.63) is 63.3 Å². The van der Waals surface area contributed by atoms with E-state index in [-0.39, 0.29) is 34.4 Å². The Balaban J connectivity index is 2.02. The van der Waals surface area contributed by atoms with Crippen molar-refractivity contribution in [1.29, 1.82) is 0 Å². The van der Waals surface area contributed by atoms with Gasteiger partial charge in [0, 0.05) is 6.54 Å². The normalized spacial score (nSPS) is 15.4. The summed E-state index contributed by atoms with van der Waals surface area (Å²) in [7, 11) is 0. The third kappa shape index (κ3) is 4.11. The fraction of sp³-hybridized carbons (Fsp3) is 0.375. The molecule has 4 rings (SSSR count). The minimum Gasteiger partial charge on any atom is -0.507 e. The third-order valence-electron chi connectivity index (χ3n) is 5.93. The number of nitrogens with zero attached hydrogens (tertiary/aromatic N) is 1. The molecule has 32 heavy (non-hydrogen) atoms. The number of phenolic OH excluding ortho intramolecular Hbond substituents is 1. The molecule has 0 unspecified atom stereocenters. The van der Waals surface area contributed by atoms with Crippen LogP contribution in [0.15, 0.2) is 39.5 Å². The molecule has 0 saturated carbocycles. The number of hydrogen-bond acceptors (Lipinski definition) is 4. The number of rotatable bonds is 4. The Bertz CT molecular complexity index is 1190. The summed E-state index contributed by atoms with van der Waals surface area (Å²) in [6.45, 7) is 3.48. The maximum atomic E-state index is 14.0. The maximum absolute atomic E-state index is 14.0. The average Bonchev–Trinajstić information content (AvgIpc) is 2.76. The van der Waals surface area contributed by atoms with Crippen molar-refractivity contribution < 1.29 is 27.1 Å². The molecule has 1 aromatic heterocycles. The van der Waals surface area contributed by atoms with Gasteiger partial charge in [-0.3, -0.25) is 9.69 Å². The lowest BCUT2D eigenvalue weighted by Gasteiger charge is -2.27. The number of phenols is 1. The first-order chi connectivity index (χ1) is 15.2. The molecule has 0 aliphatic carbocycles. The van der Waals surface area contributed by atoms with E-state index in [1.165, 1.54) is 6.07 Å². The molecule has 2 aromatic carbocycles. The second-order valence-electron chi connectivity index (χ2n) is 8.07. The number of fused-ring (bicyclic) bond motifs is 1. The summed E-state index contributed by atoms with van der Waals surface area (Å²) in [4.78, 5) is 15.4. The van der Waals surface area contributed by atoms with Crippen LogP contribution in [0.4, 0.5) is 17.6 Å². The first-order valence-corrected chi connectivity index (χ1v) is 10.6. The van der Waals surface area contributed by atoms with E-state index in [2.05, 4.69) is 0 Å². The third-order valence-corrected chi connectivity index (χ3v) is 5.93. The van der Waals surface area contributed by atoms with Gasteiger partial charge in [-0.2, -0.15) is 13.2 Å². The number of halogens is 4. The number of piperidine rings is 1. The molecule has 3 aromatic rings. The van der Waals surface area contributed by atoms with Crippen LogP contribution in [-0.4, -0.2) is 23.1 Å². The Kier molecular flexibility index (Phi) is 5.99. The maximum Gasteiger partial charge on any atom is 0.450 e. The van der Waals surface area contributed by atoms with Gasteiger partial charge in [0.25, 0.3) is 0 Å². The van der Waals surface area contributed by atoms with E-state index in [1.807, 2.05) is 4.90 Å². The van der Waals surface area contributed by atoms with Crippen molar-refractivity contribution in [2.75, 3.05) is 13.1 Å². The summed E-state index contributed by atoms with van der Waals surface area (Å²) in [6.07, 6.45) is -1.58. The molecule has 0 amide bonds. The SMILES string of the molecule is CCc1cc2c(=O)c(-c3ccc(F)cc3)c(C(F)(F)F)oc2c(CN2CCCCC2)c1O. The number of alkyl halides is 3. The second kappa shape index (κ2) is 8.58. The molecule has 1 aliphatic rings. The van der Waals surface area contributed by atoms with Crippen molar-refractivity contribution in [1.82, 2.24) is 4.90 Å². The number of benzene rings is 2. The Morgan fingerprint density at radius 2 is 1.75 bits per heavy atom. The van der Waals surface area contributed by atoms with E-state index < -0.39 is 28.7 Å². The number of aryl methyl sites for hydroxylation is 1. The molecule has 0 radical (unpaired) electrons. The predicted molar refractivity (Wildman–Crippen MR) is 113 cm³/mol. The molecule has 8 heteroatoms. The van der Waals surface area contributed by atoms with Crippen LogP contribution in [0.25, 0.3) is 22.1 Å². The Labute approximate surface area is 182 Å². The minimum absolute atomic E-state index is 0.0287. The van der Waals surface area contributed by atoms with Gasteiger partial charge < -0.3 is 9.52 Å². The zero-order valence-corrected chi connectivity index (χ0v) is 17.6. The van der Waals surface area contributed by atoms with Crippen LogP contribution in [0.3, 0.4) is 0 Å². The van der Waals surface area contributed by atoms with Crippen molar-refractivity contribution in [2.45, 2.75) is 45.3 Å². The first-order valence-electron chi connectivity index (χ1n) is 10.6. The van der Waals surface area contributed by atoms with Gasteiger partial charge in [0.05, 0.1) is 16.5 Å². The van der Waals surface area contributed by atoms with Crippen LogP contribution >= 0.6 is 0 Å². The van der Waals surface area contributed by atoms with Crippen LogP contribution in [0, 0.1) is 5.82 Å². The summed E-state index contributed by atoms with van der Waals surface area (Å²) in [6, 6.07) is 5.63. The van der Waals surface area contributed by atoms with Crippen molar-refractivity contribution in [3.8, 4) is 16.9 Å². The smallest absolute Gasteiger partial charge is 0.450 e. The zero-order chi connectivity index (χ0) is 23.0. The fourth-order valence-electron chi connectivity index (χ4n) is 4.28. The van der Waals surface area contributed by atoms with Crippen molar-refractivity contribution >= 4 is 11.0 Å². The lowest BCUT2D eigenvalue weighted by molar-refractivity contribution is -0.152. The van der Waals surface area contributed by atoms with E-state index in [1.54, 1.807) is 6.92 Å². The van der Waals surface area contributed by atoms with Crippen LogP contribution in [-0.2, 0) is 19.1 Å². The van der Waals surface area contributed by atoms with Crippen LogP contribution in [0.2, 0.25) is 0 Å². The zero-order valence-electron chi connectivity index (χ0n) is 17.6. The highest BCUT2D eigenvalue weighted by molar-refractivity contribution is 5.88. The summed E-state index contributed by atoms with van der Waals surface area (Å²) < 4.78 is 60.7. The Morgan fingerprint density at radius 1 is 1.09 bits per heavy atom. The summed E-state index contributed by atoms with van der Waals surface area (Å²) in [5.74, 6) is -2.23. The average molecular weight is 449 g/mol. The molecule has 0 bridgehead atoms. The monoisotopic (exact) mass is 449 g/mol.